The van der Waals surface area contributed by atoms with Crippen LogP contribution in [-0.2, 0) is 4.79 Å². The molecule has 80 valence electrons. The Morgan fingerprint density at radius 2 is 2.40 bits per heavy atom. The molecule has 0 fully saturated rings. The molecule has 1 heterocycles. The Bertz CT molecular complexity index is 439. The number of aromatic amines is 1. The number of thioether (sulfide) groups is 1. The fourth-order valence-corrected chi connectivity index (χ4v) is 1.54. The van der Waals surface area contributed by atoms with E-state index in [1.807, 2.05) is 0 Å². The SMILES string of the molecule is CC(=O)SCC=Cc1cc(Cl)c[nH]c1=O. The molecule has 0 aliphatic rings. The van der Waals surface area contributed by atoms with E-state index in [1.165, 1.54) is 24.9 Å². The van der Waals surface area contributed by atoms with Crippen LogP contribution in [0.3, 0.4) is 0 Å². The van der Waals surface area contributed by atoms with Crippen LogP contribution in [0.25, 0.3) is 6.08 Å². The predicted molar refractivity (Wildman–Crippen MR) is 64.2 cm³/mol. The van der Waals surface area contributed by atoms with Gasteiger partial charge in [-0.1, -0.05) is 35.5 Å². The second kappa shape index (κ2) is 5.78. The molecule has 0 saturated carbocycles. The van der Waals surface area contributed by atoms with Gasteiger partial charge in [-0.25, -0.2) is 0 Å². The van der Waals surface area contributed by atoms with Gasteiger partial charge >= 0.3 is 0 Å². The van der Waals surface area contributed by atoms with Crippen molar-refractivity contribution in [1.29, 1.82) is 0 Å². The highest BCUT2D eigenvalue weighted by Crippen LogP contribution is 2.07. The normalized spacial score (nSPS) is 10.8. The highest BCUT2D eigenvalue weighted by Gasteiger charge is 1.96. The predicted octanol–water partition coefficient (Wildman–Crippen LogP) is 2.32. The molecule has 1 aromatic rings. The highest BCUT2D eigenvalue weighted by atomic mass is 35.5. The van der Waals surface area contributed by atoms with Crippen molar-refractivity contribution in [2.24, 2.45) is 0 Å². The van der Waals surface area contributed by atoms with E-state index in [0.29, 0.717) is 16.3 Å². The molecular weight excluding hydrogens is 234 g/mol. The molecule has 0 bridgehead atoms. The summed E-state index contributed by atoms with van der Waals surface area (Å²) in [5, 5.41) is 0.535. The van der Waals surface area contributed by atoms with E-state index in [4.69, 9.17) is 11.6 Å². The van der Waals surface area contributed by atoms with Crippen molar-refractivity contribution in [2.45, 2.75) is 6.92 Å². The summed E-state index contributed by atoms with van der Waals surface area (Å²) in [7, 11) is 0. The molecule has 0 spiro atoms. The van der Waals surface area contributed by atoms with Gasteiger partial charge in [-0.2, -0.15) is 0 Å². The van der Waals surface area contributed by atoms with Gasteiger partial charge in [-0.05, 0) is 6.07 Å². The highest BCUT2D eigenvalue weighted by molar-refractivity contribution is 8.13. The molecule has 0 unspecified atom stereocenters. The molecule has 1 N–H and O–H groups in total. The van der Waals surface area contributed by atoms with Crippen LogP contribution in [0.1, 0.15) is 12.5 Å². The maximum atomic E-state index is 11.3. The summed E-state index contributed by atoms with van der Waals surface area (Å²) in [6.07, 6.45) is 4.85. The summed E-state index contributed by atoms with van der Waals surface area (Å²) in [5.74, 6) is 0.557. The lowest BCUT2D eigenvalue weighted by Crippen LogP contribution is -2.07. The first-order valence-electron chi connectivity index (χ1n) is 4.27. The molecular formula is C10H10ClNO2S. The van der Waals surface area contributed by atoms with Crippen LogP contribution in [0.15, 0.2) is 23.1 Å². The van der Waals surface area contributed by atoms with Crippen LogP contribution in [-0.4, -0.2) is 15.9 Å². The van der Waals surface area contributed by atoms with Gasteiger partial charge < -0.3 is 4.98 Å². The number of carbonyl (C=O) groups is 1. The summed E-state index contributed by atoms with van der Waals surface area (Å²) in [4.78, 5) is 24.4. The number of carbonyl (C=O) groups excluding carboxylic acids is 1. The van der Waals surface area contributed by atoms with Crippen LogP contribution in [0, 0.1) is 0 Å². The Morgan fingerprint density at radius 1 is 1.67 bits per heavy atom. The van der Waals surface area contributed by atoms with Crippen LogP contribution >= 0.6 is 23.4 Å². The third kappa shape index (κ3) is 4.36. The minimum Gasteiger partial charge on any atom is -0.327 e. The zero-order valence-corrected chi connectivity index (χ0v) is 9.69. The fraction of sp³-hybridized carbons (Fsp3) is 0.200. The number of hydrogen-bond acceptors (Lipinski definition) is 3. The molecule has 3 nitrogen and oxygen atoms in total. The average Bonchev–Trinajstić information content (AvgIpc) is 2.17. The Kier molecular flexibility index (Phi) is 4.65. The van der Waals surface area contributed by atoms with Crippen molar-refractivity contribution in [3.8, 4) is 0 Å². The molecule has 0 saturated heterocycles. The van der Waals surface area contributed by atoms with Crippen molar-refractivity contribution in [3.05, 3.63) is 39.3 Å². The fourth-order valence-electron chi connectivity index (χ4n) is 0.938. The quantitative estimate of drug-likeness (QED) is 0.887. The summed E-state index contributed by atoms with van der Waals surface area (Å²) in [6, 6.07) is 1.58. The van der Waals surface area contributed by atoms with Crippen molar-refractivity contribution in [2.75, 3.05) is 5.75 Å². The van der Waals surface area contributed by atoms with Crippen molar-refractivity contribution >= 4 is 34.6 Å². The van der Waals surface area contributed by atoms with E-state index in [-0.39, 0.29) is 10.7 Å². The zero-order chi connectivity index (χ0) is 11.3. The van der Waals surface area contributed by atoms with Gasteiger partial charge in [0, 0.05) is 24.4 Å². The molecule has 15 heavy (non-hydrogen) atoms. The first-order chi connectivity index (χ1) is 7.09. The third-order valence-electron chi connectivity index (χ3n) is 1.58. The van der Waals surface area contributed by atoms with E-state index < -0.39 is 0 Å². The van der Waals surface area contributed by atoms with Gasteiger partial charge in [-0.3, -0.25) is 9.59 Å². The average molecular weight is 244 g/mol. The van der Waals surface area contributed by atoms with Gasteiger partial charge in [0.15, 0.2) is 5.12 Å². The maximum Gasteiger partial charge on any atom is 0.255 e. The molecule has 0 radical (unpaired) electrons. The van der Waals surface area contributed by atoms with Crippen LogP contribution < -0.4 is 5.56 Å². The number of halogens is 1. The Balaban J connectivity index is 2.67. The Labute approximate surface area is 96.5 Å². The Hall–Kier alpha value is -1.00. The van der Waals surface area contributed by atoms with E-state index in [2.05, 4.69) is 4.98 Å². The van der Waals surface area contributed by atoms with Crippen LogP contribution in [0.2, 0.25) is 5.02 Å². The lowest BCUT2D eigenvalue weighted by molar-refractivity contribution is -0.109. The number of rotatable bonds is 3. The molecule has 5 heteroatoms. The van der Waals surface area contributed by atoms with Crippen molar-refractivity contribution in [1.82, 2.24) is 4.98 Å². The molecule has 1 aromatic heterocycles. The van der Waals surface area contributed by atoms with Gasteiger partial charge in [0.25, 0.3) is 5.56 Å². The topological polar surface area (TPSA) is 49.9 Å². The second-order valence-electron chi connectivity index (χ2n) is 2.81. The van der Waals surface area contributed by atoms with E-state index in [1.54, 1.807) is 18.2 Å². The van der Waals surface area contributed by atoms with Gasteiger partial charge in [-0.15, -0.1) is 0 Å². The summed E-state index contributed by atoms with van der Waals surface area (Å²) >= 11 is 6.91. The number of hydrogen-bond donors (Lipinski definition) is 1. The summed E-state index contributed by atoms with van der Waals surface area (Å²) < 4.78 is 0. The van der Waals surface area contributed by atoms with Gasteiger partial charge in [0.2, 0.25) is 0 Å². The number of aromatic nitrogens is 1. The van der Waals surface area contributed by atoms with Gasteiger partial charge in [0.1, 0.15) is 0 Å². The largest absolute Gasteiger partial charge is 0.327 e. The van der Waals surface area contributed by atoms with Crippen molar-refractivity contribution in [3.63, 3.8) is 0 Å². The molecule has 1 rings (SSSR count). The lowest BCUT2D eigenvalue weighted by atomic mass is 10.2. The van der Waals surface area contributed by atoms with Crippen molar-refractivity contribution < 1.29 is 4.79 Å². The van der Waals surface area contributed by atoms with Gasteiger partial charge in [0.05, 0.1) is 5.02 Å². The number of pyridine rings is 1. The summed E-state index contributed by atoms with van der Waals surface area (Å²) in [6.45, 7) is 1.50. The molecule has 0 aliphatic carbocycles. The van der Waals surface area contributed by atoms with E-state index in [9.17, 15) is 9.59 Å². The molecule has 0 aliphatic heterocycles. The Morgan fingerprint density at radius 3 is 3.07 bits per heavy atom. The number of nitrogens with one attached hydrogen (secondary N) is 1. The molecule has 0 amide bonds. The standard InChI is InChI=1S/C10H10ClNO2S/c1-7(13)15-4-2-3-8-5-9(11)6-12-10(8)14/h2-3,5-6H,4H2,1H3,(H,12,14). The molecule has 0 atom stereocenters. The molecule has 0 aromatic carbocycles. The van der Waals surface area contributed by atoms with Crippen LogP contribution in [0.4, 0.5) is 0 Å². The first-order valence-corrected chi connectivity index (χ1v) is 5.64. The lowest BCUT2D eigenvalue weighted by Gasteiger charge is -1.93. The zero-order valence-electron chi connectivity index (χ0n) is 8.12. The minimum absolute atomic E-state index is 0.0552. The maximum absolute atomic E-state index is 11.3. The van der Waals surface area contributed by atoms with Crippen LogP contribution in [0.5, 0.6) is 0 Å². The van der Waals surface area contributed by atoms with E-state index in [0.717, 1.165) is 0 Å². The smallest absolute Gasteiger partial charge is 0.255 e. The third-order valence-corrected chi connectivity index (χ3v) is 2.56. The first kappa shape index (κ1) is 12.1. The van der Waals surface area contributed by atoms with E-state index >= 15 is 0 Å². The second-order valence-corrected chi connectivity index (χ2v) is 4.44. The minimum atomic E-state index is -0.191. The number of H-pyrrole nitrogens is 1. The monoisotopic (exact) mass is 243 g/mol. The summed E-state index contributed by atoms with van der Waals surface area (Å²) in [5.41, 5.74) is 0.301.